The van der Waals surface area contributed by atoms with Gasteiger partial charge in [0.15, 0.2) is 5.75 Å². The van der Waals surface area contributed by atoms with Gasteiger partial charge >= 0.3 is 0 Å². The molecule has 0 aliphatic carbocycles. The van der Waals surface area contributed by atoms with Crippen molar-refractivity contribution in [1.82, 2.24) is 0 Å². The van der Waals surface area contributed by atoms with Gasteiger partial charge in [-0.15, -0.1) is 0 Å². The first-order valence-electron chi connectivity index (χ1n) is 4.82. The number of benzene rings is 2. The maximum absolute atomic E-state index is 12.1. The molecule has 0 spiro atoms. The molecule has 0 bridgehead atoms. The van der Waals surface area contributed by atoms with E-state index in [-0.39, 0.29) is 21.3 Å². The molecule has 0 aromatic heterocycles. The van der Waals surface area contributed by atoms with Gasteiger partial charge in [0.1, 0.15) is 10.6 Å². The Bertz CT molecular complexity index is 630. The molecular weight excluding hydrogens is 240 g/mol. The molecule has 0 atom stereocenters. The van der Waals surface area contributed by atoms with Crippen LogP contribution in [-0.4, -0.2) is 13.5 Å². The van der Waals surface area contributed by atoms with Crippen molar-refractivity contribution in [2.45, 2.75) is 9.79 Å². The fourth-order valence-corrected chi connectivity index (χ4v) is 2.78. The summed E-state index contributed by atoms with van der Waals surface area (Å²) in [5.41, 5.74) is 0. The second kappa shape index (κ2) is 4.10. The molecule has 0 amide bonds. The van der Waals surface area contributed by atoms with E-state index in [1.54, 1.807) is 0 Å². The summed E-state index contributed by atoms with van der Waals surface area (Å²) in [6.07, 6.45) is 0. The molecular formula is C12H9O4S. The number of phenols is 1. The minimum atomic E-state index is -3.78. The van der Waals surface area contributed by atoms with Gasteiger partial charge < -0.3 is 5.11 Å². The van der Waals surface area contributed by atoms with Crippen LogP contribution in [0.5, 0.6) is 11.5 Å². The van der Waals surface area contributed by atoms with Crippen molar-refractivity contribution < 1.29 is 18.6 Å². The zero-order chi connectivity index (χ0) is 12.5. The Labute approximate surface area is 98.7 Å². The van der Waals surface area contributed by atoms with Gasteiger partial charge in [-0.3, -0.25) is 5.11 Å². The Hall–Kier alpha value is -2.01. The molecule has 0 saturated carbocycles. The molecule has 2 aromatic carbocycles. The minimum Gasteiger partial charge on any atom is -0.507 e. The Morgan fingerprint density at radius 1 is 0.882 bits per heavy atom. The highest BCUT2D eigenvalue weighted by atomic mass is 32.2. The van der Waals surface area contributed by atoms with Gasteiger partial charge in [-0.05, 0) is 36.4 Å². The highest BCUT2D eigenvalue weighted by molar-refractivity contribution is 7.91. The van der Waals surface area contributed by atoms with Crippen molar-refractivity contribution in [3.63, 3.8) is 0 Å². The standard InChI is InChI=1S/C12H9O4S/c13-9-5-7-10(8-6-9)17(15,16)12-4-2-1-3-11(12)14/h1-8,14H. The van der Waals surface area contributed by atoms with Crippen LogP contribution in [0.2, 0.25) is 0 Å². The van der Waals surface area contributed by atoms with Gasteiger partial charge in [-0.2, -0.15) is 0 Å². The molecule has 0 fully saturated rings. The van der Waals surface area contributed by atoms with Gasteiger partial charge in [0, 0.05) is 0 Å². The van der Waals surface area contributed by atoms with Crippen LogP contribution in [0.4, 0.5) is 0 Å². The van der Waals surface area contributed by atoms with E-state index in [2.05, 4.69) is 0 Å². The third-order valence-electron chi connectivity index (χ3n) is 2.29. The van der Waals surface area contributed by atoms with Crippen LogP contribution in [0.15, 0.2) is 58.3 Å². The summed E-state index contributed by atoms with van der Waals surface area (Å²) < 4.78 is 24.2. The summed E-state index contributed by atoms with van der Waals surface area (Å²) in [6, 6.07) is 10.5. The zero-order valence-electron chi connectivity index (χ0n) is 8.70. The molecule has 0 aliphatic rings. The number of para-hydroxylation sites is 1. The minimum absolute atomic E-state index is 0.0152. The molecule has 2 rings (SSSR count). The van der Waals surface area contributed by atoms with Crippen molar-refractivity contribution in [3.05, 3.63) is 48.5 Å². The first kappa shape index (κ1) is 11.5. The summed E-state index contributed by atoms with van der Waals surface area (Å²) in [5, 5.41) is 20.4. The second-order valence-corrected chi connectivity index (χ2v) is 5.36. The molecule has 0 unspecified atom stereocenters. The van der Waals surface area contributed by atoms with E-state index < -0.39 is 9.84 Å². The average Bonchev–Trinajstić information content (AvgIpc) is 2.30. The van der Waals surface area contributed by atoms with Gasteiger partial charge in [0.25, 0.3) is 0 Å². The van der Waals surface area contributed by atoms with Gasteiger partial charge in [-0.1, -0.05) is 12.1 Å². The van der Waals surface area contributed by atoms with Gasteiger partial charge in [0.2, 0.25) is 9.84 Å². The van der Waals surface area contributed by atoms with Crippen LogP contribution >= 0.6 is 0 Å². The van der Waals surface area contributed by atoms with E-state index in [1.807, 2.05) is 0 Å². The molecule has 5 heteroatoms. The number of rotatable bonds is 2. The second-order valence-electron chi connectivity index (χ2n) is 3.44. The lowest BCUT2D eigenvalue weighted by Gasteiger charge is -2.05. The molecule has 4 nitrogen and oxygen atoms in total. The Kier molecular flexibility index (Phi) is 2.77. The van der Waals surface area contributed by atoms with Crippen molar-refractivity contribution in [2.24, 2.45) is 0 Å². The van der Waals surface area contributed by atoms with Crippen LogP contribution in [0, 0.1) is 0 Å². The predicted octanol–water partition coefficient (Wildman–Crippen LogP) is 2.37. The van der Waals surface area contributed by atoms with Crippen molar-refractivity contribution in [2.75, 3.05) is 0 Å². The smallest absolute Gasteiger partial charge is 0.210 e. The summed E-state index contributed by atoms with van der Waals surface area (Å²) in [6.45, 7) is 0. The maximum atomic E-state index is 12.1. The molecule has 1 N–H and O–H groups in total. The van der Waals surface area contributed by atoms with Crippen molar-refractivity contribution in [3.8, 4) is 11.5 Å². The molecule has 0 saturated heterocycles. The lowest BCUT2D eigenvalue weighted by molar-refractivity contribution is 0.354. The van der Waals surface area contributed by atoms with E-state index in [9.17, 15) is 18.6 Å². The first-order valence-corrected chi connectivity index (χ1v) is 6.30. The normalized spacial score (nSPS) is 11.3. The van der Waals surface area contributed by atoms with E-state index >= 15 is 0 Å². The molecule has 1 radical (unpaired) electrons. The van der Waals surface area contributed by atoms with E-state index in [1.165, 1.54) is 48.5 Å². The van der Waals surface area contributed by atoms with E-state index in [4.69, 9.17) is 0 Å². The summed E-state index contributed by atoms with van der Waals surface area (Å²) in [4.78, 5) is -0.183. The van der Waals surface area contributed by atoms with Gasteiger partial charge in [-0.25, -0.2) is 8.42 Å². The fourth-order valence-electron chi connectivity index (χ4n) is 1.43. The zero-order valence-corrected chi connectivity index (χ0v) is 9.52. The molecule has 2 aromatic rings. The first-order chi connectivity index (χ1) is 8.01. The van der Waals surface area contributed by atoms with Gasteiger partial charge in [0.05, 0.1) is 4.90 Å². The lowest BCUT2D eigenvalue weighted by atomic mass is 10.3. The van der Waals surface area contributed by atoms with E-state index in [0.717, 1.165) is 0 Å². The molecule has 87 valence electrons. The molecule has 0 heterocycles. The quantitative estimate of drug-likeness (QED) is 0.887. The number of phenolic OH excluding ortho intramolecular Hbond substituents is 1. The predicted molar refractivity (Wildman–Crippen MR) is 60.1 cm³/mol. The number of sulfone groups is 1. The number of aromatic hydroxyl groups is 1. The SMILES string of the molecule is [O]c1ccc(S(=O)(=O)c2ccccc2O)cc1. The molecule has 17 heavy (non-hydrogen) atoms. The molecule has 0 aliphatic heterocycles. The van der Waals surface area contributed by atoms with Crippen LogP contribution in [0.1, 0.15) is 0 Å². The highest BCUT2D eigenvalue weighted by Crippen LogP contribution is 2.28. The van der Waals surface area contributed by atoms with E-state index in [0.29, 0.717) is 0 Å². The average molecular weight is 249 g/mol. The third kappa shape index (κ3) is 2.09. The largest absolute Gasteiger partial charge is 0.507 e. The summed E-state index contributed by atoms with van der Waals surface area (Å²) in [5.74, 6) is -0.570. The Morgan fingerprint density at radius 2 is 1.47 bits per heavy atom. The van der Waals surface area contributed by atoms with Crippen molar-refractivity contribution >= 4 is 9.84 Å². The maximum Gasteiger partial charge on any atom is 0.210 e. The van der Waals surface area contributed by atoms with Crippen molar-refractivity contribution in [1.29, 1.82) is 0 Å². The van der Waals surface area contributed by atoms with Crippen LogP contribution in [0.3, 0.4) is 0 Å². The summed E-state index contributed by atoms with van der Waals surface area (Å²) in [7, 11) is -3.78. The van der Waals surface area contributed by atoms with Crippen LogP contribution in [0.25, 0.3) is 0 Å². The Balaban J connectivity index is 2.58. The van der Waals surface area contributed by atoms with Crippen LogP contribution < -0.4 is 0 Å². The highest BCUT2D eigenvalue weighted by Gasteiger charge is 2.20. The number of hydrogen-bond acceptors (Lipinski definition) is 3. The van der Waals surface area contributed by atoms with Crippen LogP contribution in [-0.2, 0) is 14.9 Å². The Morgan fingerprint density at radius 3 is 2.06 bits per heavy atom. The topological polar surface area (TPSA) is 74.3 Å². The summed E-state index contributed by atoms with van der Waals surface area (Å²) >= 11 is 0. The fraction of sp³-hybridized carbons (Fsp3) is 0. The monoisotopic (exact) mass is 249 g/mol. The lowest BCUT2D eigenvalue weighted by Crippen LogP contribution is -2.01. The number of hydrogen-bond donors (Lipinski definition) is 1. The third-order valence-corrected chi connectivity index (χ3v) is 4.11.